The van der Waals surface area contributed by atoms with E-state index in [4.69, 9.17) is 11.5 Å². The van der Waals surface area contributed by atoms with Gasteiger partial charge in [0.1, 0.15) is 14.8 Å². The van der Waals surface area contributed by atoms with E-state index in [1.807, 2.05) is 16.7 Å². The molecular formula is C11H17N3O3S3. The van der Waals surface area contributed by atoms with Gasteiger partial charge in [-0.2, -0.15) is 11.8 Å². The lowest BCUT2D eigenvalue weighted by atomic mass is 10.3. The quantitative estimate of drug-likeness (QED) is 0.845. The molecule has 0 aromatic carbocycles. The number of carbonyl (C=O) groups is 1. The van der Waals surface area contributed by atoms with Crippen molar-refractivity contribution in [3.63, 3.8) is 0 Å². The van der Waals surface area contributed by atoms with E-state index in [1.165, 1.54) is 0 Å². The number of anilines is 2. The second-order valence-corrected chi connectivity index (χ2v) is 9.24. The Kier molecular flexibility index (Phi) is 4.22. The fourth-order valence-electron chi connectivity index (χ4n) is 2.17. The maximum absolute atomic E-state index is 12.0. The van der Waals surface area contributed by atoms with Crippen LogP contribution in [0.4, 0.5) is 10.7 Å². The van der Waals surface area contributed by atoms with Crippen LogP contribution in [0.3, 0.4) is 0 Å². The maximum Gasteiger partial charge on any atom is 0.261 e. The largest absolute Gasteiger partial charge is 0.396 e. The first-order valence-corrected chi connectivity index (χ1v) is 9.76. The third-order valence-electron chi connectivity index (χ3n) is 3.01. The summed E-state index contributed by atoms with van der Waals surface area (Å²) in [5.41, 5.74) is 11.1. The van der Waals surface area contributed by atoms with E-state index in [1.54, 1.807) is 0 Å². The van der Waals surface area contributed by atoms with E-state index in [-0.39, 0.29) is 15.5 Å². The number of sulfone groups is 1. The molecule has 0 spiro atoms. The van der Waals surface area contributed by atoms with Gasteiger partial charge in [-0.1, -0.05) is 6.92 Å². The number of rotatable bonds is 3. The summed E-state index contributed by atoms with van der Waals surface area (Å²) in [4.78, 5) is 13.5. The summed E-state index contributed by atoms with van der Waals surface area (Å²) in [7, 11) is -3.51. The molecule has 1 aliphatic rings. The molecule has 1 aromatic heterocycles. The lowest BCUT2D eigenvalue weighted by Gasteiger charge is -2.31. The van der Waals surface area contributed by atoms with Gasteiger partial charge in [0.2, 0.25) is 0 Å². The Bertz CT molecular complexity index is 639. The Balaban J connectivity index is 2.57. The van der Waals surface area contributed by atoms with Crippen LogP contribution in [0.25, 0.3) is 0 Å². The van der Waals surface area contributed by atoms with Crippen LogP contribution in [-0.4, -0.2) is 44.7 Å². The van der Waals surface area contributed by atoms with Gasteiger partial charge in [-0.25, -0.2) is 8.42 Å². The number of thiophene rings is 1. The van der Waals surface area contributed by atoms with Crippen LogP contribution in [0.5, 0.6) is 0 Å². The van der Waals surface area contributed by atoms with Gasteiger partial charge < -0.3 is 16.4 Å². The summed E-state index contributed by atoms with van der Waals surface area (Å²) in [5.74, 6) is 0.219. The summed E-state index contributed by atoms with van der Waals surface area (Å²) < 4.78 is 24.0. The van der Waals surface area contributed by atoms with E-state index in [0.29, 0.717) is 10.3 Å². The molecule has 2 heterocycles. The highest BCUT2D eigenvalue weighted by atomic mass is 32.2. The van der Waals surface area contributed by atoms with E-state index < -0.39 is 15.7 Å². The zero-order valence-electron chi connectivity index (χ0n) is 11.3. The highest BCUT2D eigenvalue weighted by molar-refractivity contribution is 8.00. The number of carbonyl (C=O) groups excluding carboxylic acids is 1. The number of nitrogens with zero attached hydrogens (tertiary/aromatic N) is 1. The van der Waals surface area contributed by atoms with Crippen molar-refractivity contribution in [2.45, 2.75) is 17.1 Å². The molecule has 6 nitrogen and oxygen atoms in total. The van der Waals surface area contributed by atoms with Crippen LogP contribution in [0.1, 0.15) is 16.6 Å². The van der Waals surface area contributed by atoms with Crippen molar-refractivity contribution < 1.29 is 13.2 Å². The molecule has 1 unspecified atom stereocenters. The van der Waals surface area contributed by atoms with Gasteiger partial charge in [-0.3, -0.25) is 4.79 Å². The molecule has 1 aromatic rings. The zero-order chi connectivity index (χ0) is 15.1. The van der Waals surface area contributed by atoms with Crippen LogP contribution in [-0.2, 0) is 9.84 Å². The third-order valence-corrected chi connectivity index (χ3v) is 6.71. The van der Waals surface area contributed by atoms with Crippen molar-refractivity contribution in [1.82, 2.24) is 0 Å². The van der Waals surface area contributed by atoms with E-state index in [9.17, 15) is 13.2 Å². The number of hydrogen-bond donors (Lipinski definition) is 2. The molecule has 1 fully saturated rings. The highest BCUT2D eigenvalue weighted by Gasteiger charge is 2.30. The summed E-state index contributed by atoms with van der Waals surface area (Å²) in [5, 5.41) is 0.933. The van der Waals surface area contributed by atoms with Gasteiger partial charge in [0.25, 0.3) is 5.91 Å². The molecule has 9 heteroatoms. The van der Waals surface area contributed by atoms with Crippen LogP contribution in [0.2, 0.25) is 0 Å². The number of amides is 1. The highest BCUT2D eigenvalue weighted by Crippen LogP contribution is 2.42. The van der Waals surface area contributed by atoms with Crippen molar-refractivity contribution in [1.29, 1.82) is 0 Å². The van der Waals surface area contributed by atoms with Crippen LogP contribution in [0, 0.1) is 0 Å². The minimum atomic E-state index is -3.51. The molecule has 0 saturated carbocycles. The summed E-state index contributed by atoms with van der Waals surface area (Å²) in [6, 6.07) is 0. The molecule has 0 radical (unpaired) electrons. The average molecular weight is 335 g/mol. The number of thioether (sulfide) groups is 1. The summed E-state index contributed by atoms with van der Waals surface area (Å²) >= 11 is 2.91. The SMILES string of the molecule is CC1CN(c2sc(C(N)=O)c(N)c2S(C)(=O)=O)CCS1. The fraction of sp³-hybridized carbons (Fsp3) is 0.545. The monoisotopic (exact) mass is 335 g/mol. The van der Waals surface area contributed by atoms with Gasteiger partial charge in [0, 0.05) is 30.3 Å². The molecule has 20 heavy (non-hydrogen) atoms. The zero-order valence-corrected chi connectivity index (χ0v) is 13.7. The molecule has 1 saturated heterocycles. The summed E-state index contributed by atoms with van der Waals surface area (Å²) in [6.07, 6.45) is 1.10. The van der Waals surface area contributed by atoms with Crippen LogP contribution >= 0.6 is 23.1 Å². The Morgan fingerprint density at radius 2 is 2.10 bits per heavy atom. The lowest BCUT2D eigenvalue weighted by Crippen LogP contribution is -2.36. The minimum absolute atomic E-state index is 0.0223. The van der Waals surface area contributed by atoms with Crippen molar-refractivity contribution in [2.24, 2.45) is 5.73 Å². The maximum atomic E-state index is 12.0. The minimum Gasteiger partial charge on any atom is -0.396 e. The first kappa shape index (κ1) is 15.5. The molecule has 2 rings (SSSR count). The summed E-state index contributed by atoms with van der Waals surface area (Å²) in [6.45, 7) is 3.55. The lowest BCUT2D eigenvalue weighted by molar-refractivity contribution is 0.100. The van der Waals surface area contributed by atoms with E-state index in [2.05, 4.69) is 6.92 Å². The first-order valence-electron chi connectivity index (χ1n) is 6.00. The second kappa shape index (κ2) is 5.45. The predicted octanol–water partition coefficient (Wildman–Crippen LogP) is 0.774. The molecular weight excluding hydrogens is 318 g/mol. The molecule has 1 aliphatic heterocycles. The van der Waals surface area contributed by atoms with Gasteiger partial charge >= 0.3 is 0 Å². The van der Waals surface area contributed by atoms with E-state index in [0.717, 1.165) is 36.4 Å². The van der Waals surface area contributed by atoms with Crippen molar-refractivity contribution in [3.8, 4) is 0 Å². The van der Waals surface area contributed by atoms with Gasteiger partial charge in [0.05, 0.1) is 5.69 Å². The van der Waals surface area contributed by atoms with Gasteiger partial charge in [-0.05, 0) is 0 Å². The molecule has 0 aliphatic carbocycles. The molecule has 112 valence electrons. The molecule has 1 atom stereocenters. The number of primary amides is 1. The molecule has 0 bridgehead atoms. The smallest absolute Gasteiger partial charge is 0.261 e. The van der Waals surface area contributed by atoms with Crippen LogP contribution in [0.15, 0.2) is 4.90 Å². The second-order valence-electron chi connectivity index (χ2n) is 4.74. The molecule has 1 amide bonds. The van der Waals surface area contributed by atoms with E-state index >= 15 is 0 Å². The Morgan fingerprint density at radius 1 is 1.45 bits per heavy atom. The normalized spacial score (nSPS) is 20.1. The first-order chi connectivity index (χ1) is 9.21. The number of nitrogen functional groups attached to an aromatic ring is 1. The fourth-order valence-corrected chi connectivity index (χ4v) is 5.78. The predicted molar refractivity (Wildman–Crippen MR) is 84.5 cm³/mol. The third kappa shape index (κ3) is 2.89. The standard InChI is InChI=1S/C11H17N3O3S3/c1-6-5-14(3-4-18-6)11-9(20(2,16)17)7(12)8(19-11)10(13)15/h6H,3-5,12H2,1-2H3,(H2,13,15). The van der Waals surface area contributed by atoms with Crippen molar-refractivity contribution in [2.75, 3.05) is 35.7 Å². The Morgan fingerprint density at radius 3 is 2.60 bits per heavy atom. The molecule has 4 N–H and O–H groups in total. The number of nitrogens with two attached hydrogens (primary N) is 2. The van der Waals surface area contributed by atoms with Gasteiger partial charge in [0.15, 0.2) is 9.84 Å². The van der Waals surface area contributed by atoms with Gasteiger partial charge in [-0.15, -0.1) is 11.3 Å². The Hall–Kier alpha value is -0.930. The average Bonchev–Trinajstić information content (AvgIpc) is 2.66. The Labute approximate surface area is 126 Å². The van der Waals surface area contributed by atoms with Crippen LogP contribution < -0.4 is 16.4 Å². The van der Waals surface area contributed by atoms with Crippen molar-refractivity contribution in [3.05, 3.63) is 4.88 Å². The topological polar surface area (TPSA) is 106 Å². The number of hydrogen-bond acceptors (Lipinski definition) is 7. The van der Waals surface area contributed by atoms with Crippen molar-refractivity contribution >= 4 is 49.5 Å².